The summed E-state index contributed by atoms with van der Waals surface area (Å²) in [6.07, 6.45) is 3.47. The number of fused-ring (bicyclic) bond motifs is 1. The van der Waals surface area contributed by atoms with Crippen LogP contribution >= 0.6 is 11.6 Å². The maximum Gasteiger partial charge on any atom is 0.251 e. The fourth-order valence-corrected chi connectivity index (χ4v) is 4.58. The molecule has 2 amide bonds. The van der Waals surface area contributed by atoms with E-state index < -0.39 is 0 Å². The lowest BCUT2D eigenvalue weighted by Crippen LogP contribution is -2.37. The molecule has 0 atom stereocenters. The van der Waals surface area contributed by atoms with Crippen LogP contribution in [0.25, 0.3) is 0 Å². The molecule has 2 N–H and O–H groups in total. The van der Waals surface area contributed by atoms with Gasteiger partial charge >= 0.3 is 0 Å². The number of benzene rings is 3. The van der Waals surface area contributed by atoms with Gasteiger partial charge in [-0.15, -0.1) is 0 Å². The van der Waals surface area contributed by atoms with Gasteiger partial charge in [0, 0.05) is 42.3 Å². The molecule has 0 spiro atoms. The maximum atomic E-state index is 13.3. The van der Waals surface area contributed by atoms with Gasteiger partial charge in [-0.3, -0.25) is 14.5 Å². The smallest absolute Gasteiger partial charge is 0.251 e. The normalized spacial score (nSPS) is 15.2. The van der Waals surface area contributed by atoms with Gasteiger partial charge in [0.1, 0.15) is 5.75 Å². The Kier molecular flexibility index (Phi) is 9.97. The predicted octanol–water partition coefficient (Wildman–Crippen LogP) is 4.99. The SMILES string of the molecule is O=C1CN(Cc2ccccc2)Cc2c(cccc2C(=O)NCCc2ccc(Cl)cc2)OCCCCCN1. The van der Waals surface area contributed by atoms with Crippen molar-refractivity contribution in [1.82, 2.24) is 15.5 Å². The maximum absolute atomic E-state index is 13.3. The van der Waals surface area contributed by atoms with Crippen molar-refractivity contribution in [2.24, 2.45) is 0 Å². The molecule has 1 aliphatic rings. The third-order valence-corrected chi connectivity index (χ3v) is 6.64. The Morgan fingerprint density at radius 3 is 2.54 bits per heavy atom. The standard InChI is InChI=1S/C30H34ClN3O3/c31-25-14-12-23(13-15-25)16-18-33-30(36)26-10-7-11-28-27(26)21-34(20-24-8-3-1-4-9-24)22-29(35)32-17-5-2-6-19-37-28/h1,3-4,7-15H,2,5-6,16-22H2,(H,32,35)(H,33,36). The molecular formula is C30H34ClN3O3. The van der Waals surface area contributed by atoms with E-state index in [9.17, 15) is 9.59 Å². The lowest BCUT2D eigenvalue weighted by atomic mass is 10.0. The highest BCUT2D eigenvalue weighted by molar-refractivity contribution is 6.30. The highest BCUT2D eigenvalue weighted by atomic mass is 35.5. The van der Waals surface area contributed by atoms with Gasteiger partial charge in [-0.1, -0.05) is 60.1 Å². The topological polar surface area (TPSA) is 70.7 Å². The number of halogens is 1. The van der Waals surface area contributed by atoms with Crippen molar-refractivity contribution in [2.45, 2.75) is 38.8 Å². The van der Waals surface area contributed by atoms with Crippen LogP contribution in [0.5, 0.6) is 5.75 Å². The highest BCUT2D eigenvalue weighted by Gasteiger charge is 2.21. The number of amides is 2. The van der Waals surface area contributed by atoms with E-state index in [1.807, 2.05) is 72.8 Å². The van der Waals surface area contributed by atoms with Crippen LogP contribution < -0.4 is 15.4 Å². The van der Waals surface area contributed by atoms with Crippen molar-refractivity contribution in [2.75, 3.05) is 26.2 Å². The van der Waals surface area contributed by atoms with Crippen molar-refractivity contribution >= 4 is 23.4 Å². The summed E-state index contributed by atoms with van der Waals surface area (Å²) < 4.78 is 6.18. The fraction of sp³-hybridized carbons (Fsp3) is 0.333. The van der Waals surface area contributed by atoms with E-state index in [-0.39, 0.29) is 18.4 Å². The second-order valence-electron chi connectivity index (χ2n) is 9.30. The van der Waals surface area contributed by atoms with Gasteiger partial charge in [0.2, 0.25) is 5.91 Å². The van der Waals surface area contributed by atoms with Crippen LogP contribution in [0.2, 0.25) is 5.02 Å². The molecule has 6 nitrogen and oxygen atoms in total. The Labute approximate surface area is 224 Å². The molecular weight excluding hydrogens is 486 g/mol. The second kappa shape index (κ2) is 13.8. The van der Waals surface area contributed by atoms with E-state index in [1.165, 1.54) is 0 Å². The quantitative estimate of drug-likeness (QED) is 0.481. The van der Waals surface area contributed by atoms with Crippen molar-refractivity contribution in [3.8, 4) is 5.75 Å². The van der Waals surface area contributed by atoms with Gasteiger partial charge in [0.25, 0.3) is 5.91 Å². The monoisotopic (exact) mass is 519 g/mol. The number of hydrogen-bond acceptors (Lipinski definition) is 4. The zero-order chi connectivity index (χ0) is 25.9. The summed E-state index contributed by atoms with van der Waals surface area (Å²) in [5, 5.41) is 6.79. The van der Waals surface area contributed by atoms with Crippen molar-refractivity contribution in [1.29, 1.82) is 0 Å². The molecule has 0 aliphatic carbocycles. The van der Waals surface area contributed by atoms with E-state index in [2.05, 4.69) is 15.5 Å². The minimum absolute atomic E-state index is 0.0115. The van der Waals surface area contributed by atoms with Gasteiger partial charge in [0.05, 0.1) is 13.2 Å². The first kappa shape index (κ1) is 26.7. The van der Waals surface area contributed by atoms with Gasteiger partial charge < -0.3 is 15.4 Å². The number of rotatable bonds is 6. The Morgan fingerprint density at radius 2 is 1.73 bits per heavy atom. The minimum atomic E-state index is -0.150. The summed E-state index contributed by atoms with van der Waals surface area (Å²) in [5.74, 6) is 0.536. The number of hydrogen-bond donors (Lipinski definition) is 2. The van der Waals surface area contributed by atoms with Crippen molar-refractivity contribution in [3.63, 3.8) is 0 Å². The van der Waals surface area contributed by atoms with Crippen LogP contribution in [0, 0.1) is 0 Å². The molecule has 7 heteroatoms. The van der Waals surface area contributed by atoms with Crippen LogP contribution in [-0.2, 0) is 24.3 Å². The summed E-state index contributed by atoms with van der Waals surface area (Å²) in [5.41, 5.74) is 3.58. The molecule has 37 heavy (non-hydrogen) atoms. The summed E-state index contributed by atoms with van der Waals surface area (Å²) in [6, 6.07) is 23.3. The minimum Gasteiger partial charge on any atom is -0.493 e. The largest absolute Gasteiger partial charge is 0.493 e. The number of nitrogens with one attached hydrogen (secondary N) is 2. The van der Waals surface area contributed by atoms with Gasteiger partial charge in [-0.25, -0.2) is 0 Å². The summed E-state index contributed by atoms with van der Waals surface area (Å²) in [4.78, 5) is 28.1. The predicted molar refractivity (Wildman–Crippen MR) is 147 cm³/mol. The molecule has 0 unspecified atom stereocenters. The zero-order valence-corrected chi connectivity index (χ0v) is 21.8. The zero-order valence-electron chi connectivity index (χ0n) is 21.0. The average molecular weight is 520 g/mol. The average Bonchev–Trinajstić information content (AvgIpc) is 2.91. The van der Waals surface area contributed by atoms with Gasteiger partial charge in [0.15, 0.2) is 0 Å². The molecule has 4 rings (SSSR count). The summed E-state index contributed by atoms with van der Waals surface area (Å²) in [7, 11) is 0. The lowest BCUT2D eigenvalue weighted by Gasteiger charge is -2.24. The van der Waals surface area contributed by atoms with Crippen molar-refractivity contribution in [3.05, 3.63) is 100 Å². The Bertz CT molecular complexity index is 1170. The second-order valence-corrected chi connectivity index (χ2v) is 9.74. The fourth-order valence-electron chi connectivity index (χ4n) is 4.45. The Morgan fingerprint density at radius 1 is 0.919 bits per heavy atom. The van der Waals surface area contributed by atoms with E-state index in [4.69, 9.17) is 16.3 Å². The van der Waals surface area contributed by atoms with Crippen LogP contribution in [0.3, 0.4) is 0 Å². The Hall–Kier alpha value is -3.35. The number of nitrogens with zero attached hydrogens (tertiary/aromatic N) is 1. The number of carbonyl (C=O) groups is 2. The molecule has 0 fully saturated rings. The van der Waals surface area contributed by atoms with Gasteiger partial charge in [-0.2, -0.15) is 0 Å². The molecule has 0 aromatic heterocycles. The Balaban J connectivity index is 1.55. The van der Waals surface area contributed by atoms with Crippen LogP contribution in [-0.4, -0.2) is 43.0 Å². The third kappa shape index (κ3) is 8.34. The van der Waals surface area contributed by atoms with Crippen molar-refractivity contribution < 1.29 is 14.3 Å². The van der Waals surface area contributed by atoms with Crippen LogP contribution in [0.1, 0.15) is 46.3 Å². The first-order valence-corrected chi connectivity index (χ1v) is 13.3. The van der Waals surface area contributed by atoms with E-state index in [1.54, 1.807) is 0 Å². The number of ether oxygens (including phenoxy) is 1. The molecule has 0 bridgehead atoms. The molecule has 0 radical (unpaired) electrons. The molecule has 0 saturated carbocycles. The van der Waals surface area contributed by atoms with E-state index in [0.717, 1.165) is 36.0 Å². The summed E-state index contributed by atoms with van der Waals surface area (Å²) >= 11 is 5.98. The van der Waals surface area contributed by atoms with Crippen LogP contribution in [0.4, 0.5) is 0 Å². The molecule has 1 aliphatic heterocycles. The number of carbonyl (C=O) groups excluding carboxylic acids is 2. The van der Waals surface area contributed by atoms with Crippen LogP contribution in [0.15, 0.2) is 72.8 Å². The van der Waals surface area contributed by atoms with E-state index >= 15 is 0 Å². The van der Waals surface area contributed by atoms with Gasteiger partial charge in [-0.05, 0) is 61.1 Å². The van der Waals surface area contributed by atoms with E-state index in [0.29, 0.717) is 55.5 Å². The molecule has 0 saturated heterocycles. The lowest BCUT2D eigenvalue weighted by molar-refractivity contribution is -0.122. The highest BCUT2D eigenvalue weighted by Crippen LogP contribution is 2.26. The molecule has 194 valence electrons. The first-order chi connectivity index (χ1) is 18.1. The summed E-state index contributed by atoms with van der Waals surface area (Å²) in [6.45, 7) is 2.97. The molecule has 3 aromatic carbocycles. The first-order valence-electron chi connectivity index (χ1n) is 12.9. The molecule has 1 heterocycles. The molecule has 3 aromatic rings. The third-order valence-electron chi connectivity index (χ3n) is 6.39.